The van der Waals surface area contributed by atoms with Crippen LogP contribution in [0.1, 0.15) is 37.3 Å². The molecule has 0 amide bonds. The van der Waals surface area contributed by atoms with E-state index >= 15 is 0 Å². The van der Waals surface area contributed by atoms with Crippen LogP contribution in [0.5, 0.6) is 0 Å². The van der Waals surface area contributed by atoms with E-state index in [1.54, 1.807) is 12.1 Å². The summed E-state index contributed by atoms with van der Waals surface area (Å²) in [5.41, 5.74) is 2.07. The maximum absolute atomic E-state index is 12.1. The van der Waals surface area contributed by atoms with Crippen LogP contribution in [-0.4, -0.2) is 28.2 Å². The Bertz CT molecular complexity index is 512. The van der Waals surface area contributed by atoms with Gasteiger partial charge in [0.1, 0.15) is 0 Å². The molecule has 1 aromatic rings. The summed E-state index contributed by atoms with van der Waals surface area (Å²) >= 11 is 0. The fraction of sp³-hybridized carbons (Fsp3) is 0.600. The third kappa shape index (κ3) is 5.61. The van der Waals surface area contributed by atoms with Crippen molar-refractivity contribution < 1.29 is 13.2 Å². The molecule has 0 saturated heterocycles. The van der Waals surface area contributed by atoms with Gasteiger partial charge < -0.3 is 4.74 Å². The Morgan fingerprint density at radius 2 is 1.80 bits per heavy atom. The van der Waals surface area contributed by atoms with Gasteiger partial charge in [-0.15, -0.1) is 0 Å². The van der Waals surface area contributed by atoms with Crippen molar-refractivity contribution in [2.24, 2.45) is 0 Å². The first kappa shape index (κ1) is 17.1. The van der Waals surface area contributed by atoms with Crippen molar-refractivity contribution in [1.29, 1.82) is 0 Å². The van der Waals surface area contributed by atoms with Gasteiger partial charge in [0.15, 0.2) is 0 Å². The zero-order valence-electron chi connectivity index (χ0n) is 12.6. The normalized spacial score (nSPS) is 11.8. The molecule has 0 heterocycles. The molecule has 5 heteroatoms. The summed E-state index contributed by atoms with van der Waals surface area (Å²) in [5, 5.41) is 0. The molecule has 0 aliphatic heterocycles. The molecule has 0 saturated carbocycles. The third-order valence-corrected chi connectivity index (χ3v) is 4.65. The summed E-state index contributed by atoms with van der Waals surface area (Å²) in [5.74, 6) is 0. The molecular formula is C15H25NO3S. The number of aryl methyl sites for hydroxylation is 2. The van der Waals surface area contributed by atoms with Gasteiger partial charge in [-0.3, -0.25) is 0 Å². The Morgan fingerprint density at radius 3 is 2.45 bits per heavy atom. The van der Waals surface area contributed by atoms with Crippen molar-refractivity contribution in [3.8, 4) is 0 Å². The lowest BCUT2D eigenvalue weighted by Gasteiger charge is -2.09. The third-order valence-electron chi connectivity index (χ3n) is 3.19. The Kier molecular flexibility index (Phi) is 7.19. The van der Waals surface area contributed by atoms with E-state index in [1.807, 2.05) is 19.9 Å². The second-order valence-corrected chi connectivity index (χ2v) is 6.73. The molecule has 0 aromatic heterocycles. The number of benzene rings is 1. The number of unbranched alkanes of at least 4 members (excludes halogenated alkanes) is 1. The Labute approximate surface area is 122 Å². The van der Waals surface area contributed by atoms with Crippen LogP contribution in [0.2, 0.25) is 0 Å². The minimum Gasteiger partial charge on any atom is -0.381 e. The minimum absolute atomic E-state index is 0.326. The van der Waals surface area contributed by atoms with Gasteiger partial charge in [-0.05, 0) is 49.9 Å². The number of sulfonamides is 1. The van der Waals surface area contributed by atoms with Gasteiger partial charge in [0.05, 0.1) is 4.90 Å². The molecule has 0 aliphatic carbocycles. The number of ether oxygens (including phenoxy) is 1. The second kappa shape index (κ2) is 8.39. The maximum Gasteiger partial charge on any atom is 0.240 e. The van der Waals surface area contributed by atoms with Gasteiger partial charge in [-0.25, -0.2) is 13.1 Å². The molecule has 0 spiro atoms. The molecule has 114 valence electrons. The van der Waals surface area contributed by atoms with Gasteiger partial charge in [0, 0.05) is 19.8 Å². The molecule has 1 N–H and O–H groups in total. The Morgan fingerprint density at radius 1 is 1.10 bits per heavy atom. The standard InChI is InChI=1S/C15H25NO3S/c1-4-5-10-19-11-6-9-16-20(17,18)15-8-7-13(2)14(3)12-15/h7-8,12,16H,4-6,9-11H2,1-3H3. The van der Waals surface area contributed by atoms with Crippen LogP contribution in [0, 0.1) is 13.8 Å². The summed E-state index contributed by atoms with van der Waals surface area (Å²) in [6.45, 7) is 7.74. The Balaban J connectivity index is 2.40. The summed E-state index contributed by atoms with van der Waals surface area (Å²) < 4.78 is 32.2. The highest BCUT2D eigenvalue weighted by Gasteiger charge is 2.13. The number of hydrogen-bond donors (Lipinski definition) is 1. The summed E-state index contributed by atoms with van der Waals surface area (Å²) in [6.07, 6.45) is 2.85. The number of nitrogens with one attached hydrogen (secondary N) is 1. The maximum atomic E-state index is 12.1. The van der Waals surface area contributed by atoms with E-state index < -0.39 is 10.0 Å². The van der Waals surface area contributed by atoms with E-state index in [-0.39, 0.29) is 0 Å². The quantitative estimate of drug-likeness (QED) is 0.713. The molecule has 0 fully saturated rings. The van der Waals surface area contributed by atoms with Crippen LogP contribution >= 0.6 is 0 Å². The fourth-order valence-corrected chi connectivity index (χ4v) is 2.85. The lowest BCUT2D eigenvalue weighted by Crippen LogP contribution is -2.25. The van der Waals surface area contributed by atoms with Crippen LogP contribution in [0.4, 0.5) is 0 Å². The van der Waals surface area contributed by atoms with E-state index in [4.69, 9.17) is 4.74 Å². The highest BCUT2D eigenvalue weighted by molar-refractivity contribution is 7.89. The van der Waals surface area contributed by atoms with Crippen molar-refractivity contribution in [1.82, 2.24) is 4.72 Å². The zero-order valence-corrected chi connectivity index (χ0v) is 13.4. The van der Waals surface area contributed by atoms with Gasteiger partial charge in [-0.2, -0.15) is 0 Å². The molecule has 4 nitrogen and oxygen atoms in total. The zero-order chi connectivity index (χ0) is 15.0. The summed E-state index contributed by atoms with van der Waals surface area (Å²) in [7, 11) is -3.40. The van der Waals surface area contributed by atoms with Gasteiger partial charge >= 0.3 is 0 Å². The molecule has 0 unspecified atom stereocenters. The predicted octanol–water partition coefficient (Wildman–Crippen LogP) is 2.79. The predicted molar refractivity (Wildman–Crippen MR) is 81.4 cm³/mol. The number of rotatable bonds is 9. The summed E-state index contributed by atoms with van der Waals surface area (Å²) in [4.78, 5) is 0.326. The van der Waals surface area contributed by atoms with Crippen LogP contribution in [-0.2, 0) is 14.8 Å². The SMILES string of the molecule is CCCCOCCCNS(=O)(=O)c1ccc(C)c(C)c1. The van der Waals surface area contributed by atoms with E-state index in [1.165, 1.54) is 0 Å². The molecule has 20 heavy (non-hydrogen) atoms. The molecular weight excluding hydrogens is 274 g/mol. The van der Waals surface area contributed by atoms with Crippen LogP contribution < -0.4 is 4.72 Å². The molecule has 1 rings (SSSR count). The first-order valence-electron chi connectivity index (χ1n) is 7.12. The van der Waals surface area contributed by atoms with E-state index in [9.17, 15) is 8.42 Å². The number of hydrogen-bond acceptors (Lipinski definition) is 3. The molecule has 0 atom stereocenters. The average Bonchev–Trinajstić information content (AvgIpc) is 2.40. The largest absolute Gasteiger partial charge is 0.381 e. The first-order chi connectivity index (χ1) is 9.47. The molecule has 0 aliphatic rings. The van der Waals surface area contributed by atoms with Crippen LogP contribution in [0.3, 0.4) is 0 Å². The van der Waals surface area contributed by atoms with E-state index in [0.717, 1.165) is 30.6 Å². The van der Waals surface area contributed by atoms with Gasteiger partial charge in [0.2, 0.25) is 10.0 Å². The monoisotopic (exact) mass is 299 g/mol. The van der Waals surface area contributed by atoms with Gasteiger partial charge in [0.25, 0.3) is 0 Å². The molecule has 1 aromatic carbocycles. The highest BCUT2D eigenvalue weighted by atomic mass is 32.2. The lowest BCUT2D eigenvalue weighted by atomic mass is 10.1. The van der Waals surface area contributed by atoms with Crippen molar-refractivity contribution in [2.75, 3.05) is 19.8 Å². The Hall–Kier alpha value is -0.910. The fourth-order valence-electron chi connectivity index (χ4n) is 1.69. The van der Waals surface area contributed by atoms with Crippen molar-refractivity contribution >= 4 is 10.0 Å². The molecule has 0 radical (unpaired) electrons. The topological polar surface area (TPSA) is 55.4 Å². The molecule has 0 bridgehead atoms. The highest BCUT2D eigenvalue weighted by Crippen LogP contribution is 2.14. The van der Waals surface area contributed by atoms with Crippen molar-refractivity contribution in [3.63, 3.8) is 0 Å². The first-order valence-corrected chi connectivity index (χ1v) is 8.60. The van der Waals surface area contributed by atoms with Crippen molar-refractivity contribution in [2.45, 2.75) is 44.9 Å². The van der Waals surface area contributed by atoms with Crippen LogP contribution in [0.25, 0.3) is 0 Å². The lowest BCUT2D eigenvalue weighted by molar-refractivity contribution is 0.130. The minimum atomic E-state index is -3.40. The van der Waals surface area contributed by atoms with Crippen LogP contribution in [0.15, 0.2) is 23.1 Å². The second-order valence-electron chi connectivity index (χ2n) is 4.96. The van der Waals surface area contributed by atoms with E-state index in [0.29, 0.717) is 24.5 Å². The average molecular weight is 299 g/mol. The van der Waals surface area contributed by atoms with Crippen molar-refractivity contribution in [3.05, 3.63) is 29.3 Å². The smallest absolute Gasteiger partial charge is 0.240 e. The van der Waals surface area contributed by atoms with Gasteiger partial charge in [-0.1, -0.05) is 19.4 Å². The van der Waals surface area contributed by atoms with E-state index in [2.05, 4.69) is 11.6 Å². The summed E-state index contributed by atoms with van der Waals surface area (Å²) in [6, 6.07) is 5.18.